The molecule has 0 heterocycles. The van der Waals surface area contributed by atoms with E-state index in [2.05, 4.69) is 91.0 Å². The first kappa shape index (κ1) is 40.2. The predicted octanol–water partition coefficient (Wildman–Crippen LogP) is 14.2. The molecule has 278 valence electrons. The summed E-state index contributed by atoms with van der Waals surface area (Å²) >= 11 is 0. The van der Waals surface area contributed by atoms with Gasteiger partial charge in [0.2, 0.25) is 0 Å². The number of unbranched alkanes of at least 4 members (excludes halogenated alkanes) is 9. The second-order valence-electron chi connectivity index (χ2n) is 17.9. The summed E-state index contributed by atoms with van der Waals surface area (Å²) in [4.78, 5) is 12.8. The third kappa shape index (κ3) is 10.7. The molecule has 0 spiro atoms. The highest BCUT2D eigenvalue weighted by Crippen LogP contribution is 2.67. The molecule has 3 fully saturated rings. The monoisotopic (exact) mass is 675 g/mol. The maximum absolute atomic E-state index is 12.8. The van der Waals surface area contributed by atoms with Gasteiger partial charge in [0.05, 0.1) is 0 Å². The summed E-state index contributed by atoms with van der Waals surface area (Å²) in [7, 11) is 0. The van der Waals surface area contributed by atoms with Gasteiger partial charge in [0.1, 0.15) is 6.10 Å². The summed E-state index contributed by atoms with van der Waals surface area (Å²) in [5.41, 5.74) is 2.42. The van der Waals surface area contributed by atoms with E-state index in [1.165, 1.54) is 103 Å². The van der Waals surface area contributed by atoms with E-state index in [1.807, 2.05) is 0 Å². The van der Waals surface area contributed by atoms with Gasteiger partial charge in [-0.05, 0) is 136 Å². The van der Waals surface area contributed by atoms with Gasteiger partial charge < -0.3 is 4.74 Å². The van der Waals surface area contributed by atoms with E-state index in [9.17, 15) is 4.79 Å². The van der Waals surface area contributed by atoms with E-state index in [4.69, 9.17) is 4.74 Å². The lowest BCUT2D eigenvalue weighted by Gasteiger charge is -2.58. The molecule has 0 bridgehead atoms. The van der Waals surface area contributed by atoms with Crippen molar-refractivity contribution in [1.29, 1.82) is 0 Å². The molecule has 9 atom stereocenters. The highest BCUT2D eigenvalue weighted by molar-refractivity contribution is 5.69. The first-order valence-electron chi connectivity index (χ1n) is 21.5. The van der Waals surface area contributed by atoms with Crippen molar-refractivity contribution in [3.63, 3.8) is 0 Å². The Kier molecular flexibility index (Phi) is 16.3. The summed E-state index contributed by atoms with van der Waals surface area (Å²) in [6.45, 7) is 17.1. The third-order valence-corrected chi connectivity index (χ3v) is 14.4. The third-order valence-electron chi connectivity index (χ3n) is 14.4. The van der Waals surface area contributed by atoms with Crippen molar-refractivity contribution in [3.8, 4) is 0 Å². The molecule has 0 aromatic carbocycles. The van der Waals surface area contributed by atoms with Gasteiger partial charge in [0.25, 0.3) is 0 Å². The second-order valence-corrected chi connectivity index (χ2v) is 17.9. The Hall–Kier alpha value is -1.57. The van der Waals surface area contributed by atoms with E-state index < -0.39 is 0 Å². The largest absolute Gasteiger partial charge is 0.462 e. The van der Waals surface area contributed by atoms with Gasteiger partial charge in [0, 0.05) is 12.8 Å². The normalized spacial score (nSPS) is 32.7. The zero-order valence-corrected chi connectivity index (χ0v) is 33.3. The van der Waals surface area contributed by atoms with Crippen molar-refractivity contribution in [2.24, 2.45) is 52.3 Å². The van der Waals surface area contributed by atoms with Crippen LogP contribution in [0.4, 0.5) is 0 Å². The fraction of sp³-hybridized carbons (Fsp3) is 0.809. The summed E-state index contributed by atoms with van der Waals surface area (Å²) in [5, 5.41) is 0. The number of hydrogen-bond acceptors (Lipinski definition) is 2. The second kappa shape index (κ2) is 19.9. The van der Waals surface area contributed by atoms with Gasteiger partial charge in [-0.2, -0.15) is 0 Å². The highest BCUT2D eigenvalue weighted by Gasteiger charge is 2.59. The van der Waals surface area contributed by atoms with Gasteiger partial charge in [-0.1, -0.05) is 135 Å². The summed E-state index contributed by atoms with van der Waals surface area (Å²) < 4.78 is 6.13. The Balaban J connectivity index is 1.15. The van der Waals surface area contributed by atoms with Crippen molar-refractivity contribution < 1.29 is 9.53 Å². The molecule has 4 aliphatic carbocycles. The molecule has 0 aliphatic heterocycles. The average molecular weight is 675 g/mol. The standard InChI is InChI=1S/C47H78O2/c1-8-10-11-12-13-14-15-16-17-18-19-20-21-22-23-24-45(48)49-40-31-33-46(6)39(35-40)27-28-41-43-30-29-42(47(43,7)34-32-44(41)46)37(5)25-26-38(9-2)36(3)4/h13-16,25-27,36-38,40-44H,8-12,17-24,28-35H2,1-7H3/b14-13+,16-15+,26-25+. The molecule has 2 nitrogen and oxygen atoms in total. The van der Waals surface area contributed by atoms with Crippen LogP contribution in [0.3, 0.4) is 0 Å². The Morgan fingerprint density at radius 2 is 1.53 bits per heavy atom. The van der Waals surface area contributed by atoms with Gasteiger partial charge >= 0.3 is 5.97 Å². The fourth-order valence-electron chi connectivity index (χ4n) is 11.3. The molecular formula is C47H78O2. The maximum Gasteiger partial charge on any atom is 0.306 e. The summed E-state index contributed by atoms with van der Waals surface area (Å²) in [6.07, 6.45) is 42.5. The number of esters is 1. The Labute approximate surface area is 304 Å². The molecule has 3 saturated carbocycles. The van der Waals surface area contributed by atoms with E-state index >= 15 is 0 Å². The molecule has 0 aromatic heterocycles. The number of fused-ring (bicyclic) bond motifs is 5. The minimum atomic E-state index is 0.0445. The molecule has 4 aliphatic rings. The van der Waals surface area contributed by atoms with E-state index in [1.54, 1.807) is 5.57 Å². The zero-order chi connectivity index (χ0) is 35.3. The quantitative estimate of drug-likeness (QED) is 0.0556. The minimum absolute atomic E-state index is 0.0445. The van der Waals surface area contributed by atoms with Crippen LogP contribution < -0.4 is 0 Å². The maximum atomic E-state index is 12.8. The SMILES string of the molecule is CCCCC/C=C/C=C/CCCCCCCCC(=O)OC1CCC2(C)C(=CCC3C2CCC2(C)C(C(C)/C=C/C(CC)C(C)C)CCC32)C1. The van der Waals surface area contributed by atoms with Gasteiger partial charge in [-0.15, -0.1) is 0 Å². The van der Waals surface area contributed by atoms with Gasteiger partial charge in [0.15, 0.2) is 0 Å². The number of carbonyl (C=O) groups excluding carboxylic acids is 1. The Morgan fingerprint density at radius 3 is 2.22 bits per heavy atom. The first-order valence-corrected chi connectivity index (χ1v) is 21.5. The first-order chi connectivity index (χ1) is 23.6. The van der Waals surface area contributed by atoms with Crippen LogP contribution in [0, 0.1) is 52.3 Å². The minimum Gasteiger partial charge on any atom is -0.462 e. The molecule has 0 aromatic rings. The zero-order valence-electron chi connectivity index (χ0n) is 33.3. The van der Waals surface area contributed by atoms with E-state index in [-0.39, 0.29) is 12.1 Å². The van der Waals surface area contributed by atoms with E-state index in [0.29, 0.717) is 29.1 Å². The van der Waals surface area contributed by atoms with Crippen LogP contribution in [0.1, 0.15) is 183 Å². The van der Waals surface area contributed by atoms with Crippen LogP contribution in [0.25, 0.3) is 0 Å². The number of ether oxygens (including phenoxy) is 1. The number of rotatable bonds is 20. The van der Waals surface area contributed by atoms with Crippen LogP contribution in [0.15, 0.2) is 48.1 Å². The molecule has 4 rings (SSSR count). The molecule has 0 N–H and O–H groups in total. The molecule has 0 saturated heterocycles. The van der Waals surface area contributed by atoms with Crippen LogP contribution in [-0.4, -0.2) is 12.1 Å². The lowest BCUT2D eigenvalue weighted by molar-refractivity contribution is -0.151. The van der Waals surface area contributed by atoms with Crippen LogP contribution >= 0.6 is 0 Å². The average Bonchev–Trinajstić information content (AvgIpc) is 3.44. The molecular weight excluding hydrogens is 597 g/mol. The molecule has 49 heavy (non-hydrogen) atoms. The molecule has 9 unspecified atom stereocenters. The fourth-order valence-corrected chi connectivity index (χ4v) is 11.3. The number of hydrogen-bond donors (Lipinski definition) is 0. The molecule has 0 amide bonds. The Bertz CT molecular complexity index is 1110. The highest BCUT2D eigenvalue weighted by atomic mass is 16.5. The van der Waals surface area contributed by atoms with Gasteiger partial charge in [-0.3, -0.25) is 4.79 Å². The smallest absolute Gasteiger partial charge is 0.306 e. The predicted molar refractivity (Wildman–Crippen MR) is 211 cm³/mol. The van der Waals surface area contributed by atoms with Crippen LogP contribution in [-0.2, 0) is 9.53 Å². The van der Waals surface area contributed by atoms with Crippen LogP contribution in [0.2, 0.25) is 0 Å². The topological polar surface area (TPSA) is 26.3 Å². The lowest BCUT2D eigenvalue weighted by atomic mass is 9.47. The van der Waals surface area contributed by atoms with E-state index in [0.717, 1.165) is 55.3 Å². The van der Waals surface area contributed by atoms with Crippen molar-refractivity contribution in [2.45, 2.75) is 189 Å². The summed E-state index contributed by atoms with van der Waals surface area (Å²) in [5.74, 6) is 5.51. The van der Waals surface area contributed by atoms with Gasteiger partial charge in [-0.25, -0.2) is 0 Å². The van der Waals surface area contributed by atoms with Crippen molar-refractivity contribution in [1.82, 2.24) is 0 Å². The number of carbonyl (C=O) groups is 1. The molecule has 2 heteroatoms. The van der Waals surface area contributed by atoms with Crippen molar-refractivity contribution >= 4 is 5.97 Å². The van der Waals surface area contributed by atoms with Crippen molar-refractivity contribution in [2.75, 3.05) is 0 Å². The number of allylic oxidation sites excluding steroid dienone is 7. The van der Waals surface area contributed by atoms with Crippen LogP contribution in [0.5, 0.6) is 0 Å². The Morgan fingerprint density at radius 1 is 0.837 bits per heavy atom. The van der Waals surface area contributed by atoms with Crippen molar-refractivity contribution in [3.05, 3.63) is 48.1 Å². The lowest BCUT2D eigenvalue weighted by Crippen LogP contribution is -2.51. The molecule has 0 radical (unpaired) electrons. The summed E-state index contributed by atoms with van der Waals surface area (Å²) in [6, 6.07) is 0.